The van der Waals surface area contributed by atoms with Gasteiger partial charge in [0.15, 0.2) is 11.6 Å². The van der Waals surface area contributed by atoms with Crippen LogP contribution in [-0.4, -0.2) is 23.0 Å². The van der Waals surface area contributed by atoms with Crippen molar-refractivity contribution in [3.05, 3.63) is 107 Å². The molecule has 4 nitrogen and oxygen atoms in total. The van der Waals surface area contributed by atoms with E-state index >= 15 is 0 Å². The Morgan fingerprint density at radius 1 is 0.767 bits per heavy atom. The molecule has 148 valence electrons. The van der Waals surface area contributed by atoms with Crippen molar-refractivity contribution in [1.29, 1.82) is 0 Å². The molecule has 1 aliphatic carbocycles. The van der Waals surface area contributed by atoms with Crippen molar-refractivity contribution in [2.45, 2.75) is 19.8 Å². The second kappa shape index (κ2) is 8.37. The van der Waals surface area contributed by atoms with Gasteiger partial charge in [0.25, 0.3) is 0 Å². The van der Waals surface area contributed by atoms with E-state index in [0.717, 1.165) is 16.8 Å². The maximum absolute atomic E-state index is 13.9. The third kappa shape index (κ3) is 3.64. The molecule has 4 heteroatoms. The molecule has 30 heavy (non-hydrogen) atoms. The van der Waals surface area contributed by atoms with Crippen LogP contribution in [0.15, 0.2) is 95.1 Å². The molecule has 0 saturated heterocycles. The Kier molecular flexibility index (Phi) is 5.48. The molecule has 0 aromatic heterocycles. The SMILES string of the molecule is CC(C)=NN=C1c2ccccc2C(=O)C1C(=O)C(c1ccccc1)c1ccccc1. The van der Waals surface area contributed by atoms with Gasteiger partial charge in [-0.05, 0) is 25.0 Å². The molecular formula is C26H22N2O2. The summed E-state index contributed by atoms with van der Waals surface area (Å²) in [7, 11) is 0. The molecule has 1 atom stereocenters. The number of carbonyl (C=O) groups excluding carboxylic acids is 2. The van der Waals surface area contributed by atoms with Crippen LogP contribution in [0.2, 0.25) is 0 Å². The molecule has 3 aromatic carbocycles. The van der Waals surface area contributed by atoms with Crippen molar-refractivity contribution in [2.75, 3.05) is 0 Å². The Balaban J connectivity index is 1.86. The number of hydrogen-bond donors (Lipinski definition) is 0. The first-order chi connectivity index (χ1) is 14.6. The molecule has 0 amide bonds. The number of ketones is 2. The van der Waals surface area contributed by atoms with Gasteiger partial charge < -0.3 is 0 Å². The maximum atomic E-state index is 13.9. The molecule has 3 aromatic rings. The lowest BCUT2D eigenvalue weighted by Gasteiger charge is -2.20. The van der Waals surface area contributed by atoms with E-state index in [1.165, 1.54) is 0 Å². The van der Waals surface area contributed by atoms with E-state index in [2.05, 4.69) is 10.2 Å². The van der Waals surface area contributed by atoms with E-state index in [1.807, 2.05) is 86.6 Å². The minimum absolute atomic E-state index is 0.184. The van der Waals surface area contributed by atoms with Crippen LogP contribution >= 0.6 is 0 Å². The fourth-order valence-electron chi connectivity index (χ4n) is 3.86. The minimum Gasteiger partial charge on any atom is -0.297 e. The van der Waals surface area contributed by atoms with Crippen LogP contribution < -0.4 is 0 Å². The van der Waals surface area contributed by atoms with Gasteiger partial charge in [0.2, 0.25) is 0 Å². The van der Waals surface area contributed by atoms with Crippen LogP contribution in [0.1, 0.15) is 46.8 Å². The van der Waals surface area contributed by atoms with Gasteiger partial charge in [0.1, 0.15) is 5.92 Å². The van der Waals surface area contributed by atoms with Crippen molar-refractivity contribution >= 4 is 23.0 Å². The van der Waals surface area contributed by atoms with Gasteiger partial charge in [-0.2, -0.15) is 10.2 Å². The zero-order valence-corrected chi connectivity index (χ0v) is 16.9. The van der Waals surface area contributed by atoms with Gasteiger partial charge in [0, 0.05) is 16.8 Å². The second-order valence-electron chi connectivity index (χ2n) is 7.53. The molecule has 0 spiro atoms. The molecule has 1 unspecified atom stereocenters. The second-order valence-corrected chi connectivity index (χ2v) is 7.53. The Morgan fingerprint density at radius 3 is 1.80 bits per heavy atom. The molecule has 0 aliphatic heterocycles. The summed E-state index contributed by atoms with van der Waals surface area (Å²) >= 11 is 0. The van der Waals surface area contributed by atoms with Crippen molar-refractivity contribution in [2.24, 2.45) is 16.1 Å². The Labute approximate surface area is 176 Å². The lowest BCUT2D eigenvalue weighted by Crippen LogP contribution is -2.31. The highest BCUT2D eigenvalue weighted by atomic mass is 16.2. The topological polar surface area (TPSA) is 58.9 Å². The quantitative estimate of drug-likeness (QED) is 0.344. The summed E-state index contributed by atoms with van der Waals surface area (Å²) in [4.78, 5) is 27.2. The van der Waals surface area contributed by atoms with E-state index in [1.54, 1.807) is 12.1 Å². The molecule has 0 fully saturated rings. The Hall–Kier alpha value is -3.66. The molecule has 0 N–H and O–H groups in total. The number of nitrogens with zero attached hydrogens (tertiary/aromatic N) is 2. The highest BCUT2D eigenvalue weighted by molar-refractivity contribution is 6.38. The minimum atomic E-state index is -0.976. The lowest BCUT2D eigenvalue weighted by atomic mass is 9.80. The van der Waals surface area contributed by atoms with Crippen LogP contribution in [0, 0.1) is 5.92 Å². The molecule has 0 radical (unpaired) electrons. The molecule has 0 bridgehead atoms. The summed E-state index contributed by atoms with van der Waals surface area (Å²) in [5, 5.41) is 8.53. The van der Waals surface area contributed by atoms with Gasteiger partial charge in [-0.1, -0.05) is 84.9 Å². The average Bonchev–Trinajstić information content (AvgIpc) is 3.06. The van der Waals surface area contributed by atoms with E-state index in [0.29, 0.717) is 16.8 Å². The monoisotopic (exact) mass is 394 g/mol. The highest BCUT2D eigenvalue weighted by Gasteiger charge is 2.44. The van der Waals surface area contributed by atoms with E-state index in [4.69, 9.17) is 0 Å². The molecule has 0 heterocycles. The zero-order chi connectivity index (χ0) is 21.1. The van der Waals surface area contributed by atoms with Crippen LogP contribution in [0.3, 0.4) is 0 Å². The van der Waals surface area contributed by atoms with Crippen molar-refractivity contribution in [3.8, 4) is 0 Å². The summed E-state index contributed by atoms with van der Waals surface area (Å²) in [6.07, 6.45) is 0. The summed E-state index contributed by atoms with van der Waals surface area (Å²) in [5.41, 5.74) is 4.11. The number of fused-ring (bicyclic) bond motifs is 1. The largest absolute Gasteiger partial charge is 0.297 e. The molecule has 4 rings (SSSR count). The van der Waals surface area contributed by atoms with Crippen LogP contribution in [0.4, 0.5) is 0 Å². The fourth-order valence-corrected chi connectivity index (χ4v) is 3.86. The van der Waals surface area contributed by atoms with Gasteiger partial charge >= 0.3 is 0 Å². The smallest absolute Gasteiger partial charge is 0.180 e. The van der Waals surface area contributed by atoms with E-state index in [9.17, 15) is 9.59 Å². The average molecular weight is 394 g/mol. The number of rotatable bonds is 5. The maximum Gasteiger partial charge on any atom is 0.180 e. The highest BCUT2D eigenvalue weighted by Crippen LogP contribution is 2.35. The van der Waals surface area contributed by atoms with Crippen molar-refractivity contribution in [1.82, 2.24) is 0 Å². The molecular weight excluding hydrogens is 372 g/mol. The standard InChI is InChI=1S/C26H22N2O2/c1-17(2)27-28-24-20-15-9-10-16-21(20)25(29)23(24)26(30)22(18-11-5-3-6-12-18)19-13-7-4-8-14-19/h3-16,22-23H,1-2H3. The van der Waals surface area contributed by atoms with Crippen LogP contribution in [-0.2, 0) is 4.79 Å². The van der Waals surface area contributed by atoms with Gasteiger partial charge in [-0.3, -0.25) is 9.59 Å². The van der Waals surface area contributed by atoms with Crippen LogP contribution in [0.25, 0.3) is 0 Å². The normalized spacial score (nSPS) is 16.6. The first kappa shape index (κ1) is 19.6. The summed E-state index contributed by atoms with van der Waals surface area (Å²) in [6.45, 7) is 3.67. The first-order valence-corrected chi connectivity index (χ1v) is 9.94. The van der Waals surface area contributed by atoms with Gasteiger partial charge in [0.05, 0.1) is 11.6 Å². The zero-order valence-electron chi connectivity index (χ0n) is 16.9. The molecule has 1 aliphatic rings. The summed E-state index contributed by atoms with van der Waals surface area (Å²) in [5.74, 6) is -1.94. The summed E-state index contributed by atoms with van der Waals surface area (Å²) < 4.78 is 0. The lowest BCUT2D eigenvalue weighted by molar-refractivity contribution is -0.120. The van der Waals surface area contributed by atoms with Gasteiger partial charge in [-0.15, -0.1) is 0 Å². The predicted octanol–water partition coefficient (Wildman–Crippen LogP) is 5.09. The third-order valence-electron chi connectivity index (χ3n) is 5.20. The van der Waals surface area contributed by atoms with Gasteiger partial charge in [-0.25, -0.2) is 0 Å². The van der Waals surface area contributed by atoms with Crippen LogP contribution in [0.5, 0.6) is 0 Å². The van der Waals surface area contributed by atoms with E-state index in [-0.39, 0.29) is 11.6 Å². The first-order valence-electron chi connectivity index (χ1n) is 9.94. The number of carbonyl (C=O) groups is 2. The predicted molar refractivity (Wildman–Crippen MR) is 119 cm³/mol. The fraction of sp³-hybridized carbons (Fsp3) is 0.154. The Morgan fingerprint density at radius 2 is 1.27 bits per heavy atom. The summed E-state index contributed by atoms with van der Waals surface area (Å²) in [6, 6.07) is 26.4. The van der Waals surface area contributed by atoms with Crippen molar-refractivity contribution in [3.63, 3.8) is 0 Å². The third-order valence-corrected chi connectivity index (χ3v) is 5.20. The van der Waals surface area contributed by atoms with E-state index < -0.39 is 11.8 Å². The Bertz CT molecular complexity index is 1100. The number of hydrogen-bond acceptors (Lipinski definition) is 4. The molecule has 0 saturated carbocycles. The number of benzene rings is 3. The van der Waals surface area contributed by atoms with Crippen molar-refractivity contribution < 1.29 is 9.59 Å². The number of Topliss-reactive ketones (excluding diaryl/α,β-unsaturated/α-hetero) is 2.